The van der Waals surface area contributed by atoms with Crippen LogP contribution in [0.25, 0.3) is 6.08 Å². The SMILES string of the molecule is COc1ccc(N2C(=O)NC(=O)/C(=C\c3cc(Br)ccc3OCC(=O)Nc3cccc(C)c3C)C2=O)cc1. The first-order valence-electron chi connectivity index (χ1n) is 11.5. The summed E-state index contributed by atoms with van der Waals surface area (Å²) in [5.74, 6) is -1.21. The lowest BCUT2D eigenvalue weighted by molar-refractivity contribution is -0.122. The zero-order chi connectivity index (χ0) is 27.4. The van der Waals surface area contributed by atoms with Crippen molar-refractivity contribution in [2.45, 2.75) is 13.8 Å². The maximum Gasteiger partial charge on any atom is 0.335 e. The third kappa shape index (κ3) is 5.76. The van der Waals surface area contributed by atoms with Crippen molar-refractivity contribution in [2.24, 2.45) is 0 Å². The smallest absolute Gasteiger partial charge is 0.335 e. The molecule has 2 N–H and O–H groups in total. The molecule has 1 fully saturated rings. The van der Waals surface area contributed by atoms with E-state index in [-0.39, 0.29) is 29.5 Å². The number of anilines is 2. The van der Waals surface area contributed by atoms with Crippen LogP contribution in [0.1, 0.15) is 16.7 Å². The number of nitrogens with zero attached hydrogens (tertiary/aromatic N) is 1. The summed E-state index contributed by atoms with van der Waals surface area (Å²) >= 11 is 3.38. The molecule has 4 rings (SSSR count). The maximum absolute atomic E-state index is 13.3. The molecule has 0 aromatic heterocycles. The molecular weight excluding hydrogens is 554 g/mol. The molecule has 0 saturated carbocycles. The molecule has 0 aliphatic carbocycles. The fourth-order valence-electron chi connectivity index (χ4n) is 3.76. The van der Waals surface area contributed by atoms with Crippen molar-refractivity contribution in [1.82, 2.24) is 5.32 Å². The number of imide groups is 2. The van der Waals surface area contributed by atoms with E-state index in [9.17, 15) is 19.2 Å². The molecule has 0 bridgehead atoms. The van der Waals surface area contributed by atoms with Crippen molar-refractivity contribution in [1.29, 1.82) is 0 Å². The summed E-state index contributed by atoms with van der Waals surface area (Å²) in [6.07, 6.45) is 1.32. The van der Waals surface area contributed by atoms with E-state index in [2.05, 4.69) is 26.6 Å². The summed E-state index contributed by atoms with van der Waals surface area (Å²) in [6.45, 7) is 3.56. The Hall–Kier alpha value is -4.44. The number of ether oxygens (including phenoxy) is 2. The average molecular weight is 578 g/mol. The minimum atomic E-state index is -0.865. The molecule has 1 saturated heterocycles. The van der Waals surface area contributed by atoms with Crippen LogP contribution < -0.4 is 25.0 Å². The van der Waals surface area contributed by atoms with Crippen LogP contribution in [0.5, 0.6) is 11.5 Å². The third-order valence-electron chi connectivity index (χ3n) is 5.94. The Morgan fingerprint density at radius 3 is 2.50 bits per heavy atom. The number of methoxy groups -OCH3 is 1. The van der Waals surface area contributed by atoms with Gasteiger partial charge in [-0.2, -0.15) is 0 Å². The molecule has 0 radical (unpaired) electrons. The number of aryl methyl sites for hydroxylation is 1. The van der Waals surface area contributed by atoms with Gasteiger partial charge in [-0.05, 0) is 79.6 Å². The second-order valence-electron chi connectivity index (χ2n) is 8.42. The summed E-state index contributed by atoms with van der Waals surface area (Å²) < 4.78 is 11.5. The first-order valence-corrected chi connectivity index (χ1v) is 12.3. The number of carbonyl (C=O) groups is 4. The normalized spacial score (nSPS) is 14.4. The van der Waals surface area contributed by atoms with Gasteiger partial charge in [-0.3, -0.25) is 19.7 Å². The average Bonchev–Trinajstić information content (AvgIpc) is 2.89. The molecule has 3 aromatic rings. The van der Waals surface area contributed by atoms with E-state index in [4.69, 9.17) is 9.47 Å². The van der Waals surface area contributed by atoms with E-state index in [0.29, 0.717) is 21.5 Å². The van der Waals surface area contributed by atoms with Crippen molar-refractivity contribution < 1.29 is 28.7 Å². The van der Waals surface area contributed by atoms with Gasteiger partial charge >= 0.3 is 6.03 Å². The van der Waals surface area contributed by atoms with Gasteiger partial charge in [0.1, 0.15) is 17.1 Å². The number of hydrogen-bond donors (Lipinski definition) is 2. The van der Waals surface area contributed by atoms with E-state index in [1.807, 2.05) is 26.0 Å². The van der Waals surface area contributed by atoms with Gasteiger partial charge in [-0.1, -0.05) is 28.1 Å². The van der Waals surface area contributed by atoms with Crippen LogP contribution in [0.4, 0.5) is 16.2 Å². The van der Waals surface area contributed by atoms with Crippen LogP contribution in [-0.2, 0) is 14.4 Å². The molecule has 9 nitrogen and oxygen atoms in total. The van der Waals surface area contributed by atoms with Gasteiger partial charge in [0.15, 0.2) is 6.61 Å². The minimum absolute atomic E-state index is 0.264. The number of barbiturate groups is 1. The lowest BCUT2D eigenvalue weighted by Gasteiger charge is -2.26. The molecule has 10 heteroatoms. The number of carbonyl (C=O) groups excluding carboxylic acids is 4. The molecule has 1 aliphatic heterocycles. The Morgan fingerprint density at radius 1 is 1.05 bits per heavy atom. The van der Waals surface area contributed by atoms with E-state index < -0.39 is 17.8 Å². The number of benzene rings is 3. The molecule has 0 atom stereocenters. The molecule has 5 amide bonds. The van der Waals surface area contributed by atoms with Crippen LogP contribution in [0.2, 0.25) is 0 Å². The highest BCUT2D eigenvalue weighted by Crippen LogP contribution is 2.29. The monoisotopic (exact) mass is 577 g/mol. The highest BCUT2D eigenvalue weighted by Gasteiger charge is 2.37. The summed E-state index contributed by atoms with van der Waals surface area (Å²) in [4.78, 5) is 51.8. The number of nitrogens with one attached hydrogen (secondary N) is 2. The standard InChI is InChI=1S/C28H24BrN3O6/c1-16-5-4-6-23(17(16)2)30-25(33)15-38-24-12-7-19(29)13-18(24)14-22-26(34)31-28(36)32(27(22)35)20-8-10-21(37-3)11-9-20/h4-14H,15H2,1-3H3,(H,30,33)(H,31,34,36)/b22-14+. The second kappa shape index (κ2) is 11.3. The quantitative estimate of drug-likeness (QED) is 0.309. The summed E-state index contributed by atoms with van der Waals surface area (Å²) in [5, 5.41) is 5.01. The first-order chi connectivity index (χ1) is 18.2. The third-order valence-corrected chi connectivity index (χ3v) is 6.43. The predicted molar refractivity (Wildman–Crippen MR) is 146 cm³/mol. The number of rotatable bonds is 7. The van der Waals surface area contributed by atoms with Crippen LogP contribution >= 0.6 is 15.9 Å². The van der Waals surface area contributed by atoms with E-state index >= 15 is 0 Å². The van der Waals surface area contributed by atoms with Crippen molar-refractivity contribution in [2.75, 3.05) is 23.9 Å². The van der Waals surface area contributed by atoms with Gasteiger partial charge in [-0.25, -0.2) is 9.69 Å². The zero-order valence-electron chi connectivity index (χ0n) is 20.8. The van der Waals surface area contributed by atoms with E-state index in [1.165, 1.54) is 25.3 Å². The Bertz CT molecular complexity index is 1470. The van der Waals surface area contributed by atoms with Crippen molar-refractivity contribution in [3.8, 4) is 11.5 Å². The molecule has 0 unspecified atom stereocenters. The topological polar surface area (TPSA) is 114 Å². The van der Waals surface area contributed by atoms with Gasteiger partial charge in [0.05, 0.1) is 12.8 Å². The van der Waals surface area contributed by atoms with E-state index in [1.54, 1.807) is 36.4 Å². The molecule has 3 aromatic carbocycles. The predicted octanol–water partition coefficient (Wildman–Crippen LogP) is 4.76. The van der Waals surface area contributed by atoms with Crippen LogP contribution in [-0.4, -0.2) is 37.5 Å². The Kier molecular flexibility index (Phi) is 7.92. The van der Waals surface area contributed by atoms with Crippen LogP contribution in [0, 0.1) is 13.8 Å². The highest BCUT2D eigenvalue weighted by molar-refractivity contribution is 9.10. The first kappa shape index (κ1) is 26.6. The van der Waals surface area contributed by atoms with Crippen LogP contribution in [0.3, 0.4) is 0 Å². The Balaban J connectivity index is 1.58. The number of hydrogen-bond acceptors (Lipinski definition) is 6. The minimum Gasteiger partial charge on any atom is -0.497 e. The molecule has 1 aliphatic rings. The zero-order valence-corrected chi connectivity index (χ0v) is 22.4. The van der Waals surface area contributed by atoms with Gasteiger partial charge in [0.2, 0.25) is 0 Å². The van der Waals surface area contributed by atoms with Gasteiger partial charge < -0.3 is 14.8 Å². The summed E-state index contributed by atoms with van der Waals surface area (Å²) in [7, 11) is 1.50. The lowest BCUT2D eigenvalue weighted by Crippen LogP contribution is -2.54. The number of halogens is 1. The lowest BCUT2D eigenvalue weighted by atomic mass is 10.1. The van der Waals surface area contributed by atoms with Crippen molar-refractivity contribution >= 4 is 57.1 Å². The molecule has 0 spiro atoms. The summed E-state index contributed by atoms with van der Waals surface area (Å²) in [5.41, 5.74) is 3.03. The molecule has 194 valence electrons. The molecule has 1 heterocycles. The maximum atomic E-state index is 13.3. The van der Waals surface area contributed by atoms with Crippen LogP contribution in [0.15, 0.2) is 70.7 Å². The van der Waals surface area contributed by atoms with Crippen molar-refractivity contribution in [3.63, 3.8) is 0 Å². The van der Waals surface area contributed by atoms with E-state index in [0.717, 1.165) is 16.0 Å². The van der Waals surface area contributed by atoms with Gasteiger partial charge in [0, 0.05) is 15.7 Å². The summed E-state index contributed by atoms with van der Waals surface area (Å²) in [6, 6.07) is 16.0. The molecule has 38 heavy (non-hydrogen) atoms. The fourth-order valence-corrected chi connectivity index (χ4v) is 4.14. The van der Waals surface area contributed by atoms with Gasteiger partial charge in [-0.15, -0.1) is 0 Å². The number of amides is 5. The Morgan fingerprint density at radius 2 is 1.79 bits per heavy atom. The number of urea groups is 1. The fraction of sp³-hybridized carbons (Fsp3) is 0.143. The highest BCUT2D eigenvalue weighted by atomic mass is 79.9. The van der Waals surface area contributed by atoms with Crippen molar-refractivity contribution in [3.05, 3.63) is 87.4 Å². The van der Waals surface area contributed by atoms with Gasteiger partial charge in [0.25, 0.3) is 17.7 Å². The molecular formula is C28H24BrN3O6. The Labute approximate surface area is 227 Å². The largest absolute Gasteiger partial charge is 0.497 e. The second-order valence-corrected chi connectivity index (χ2v) is 9.34.